The fraction of sp³-hybridized carbons (Fsp3) is 0.104. The number of hydrogen-bond donors (Lipinski definition) is 0. The normalized spacial score (nSPS) is 14.0. The van der Waals surface area contributed by atoms with Crippen molar-refractivity contribution in [3.05, 3.63) is 263 Å². The van der Waals surface area contributed by atoms with Gasteiger partial charge in [0, 0.05) is 33.1 Å². The molecule has 0 radical (unpaired) electrons. The molecule has 68 heavy (non-hydrogen) atoms. The van der Waals surface area contributed by atoms with E-state index in [0.29, 0.717) is 0 Å². The SMILES string of the molecule is CC1(C)c2cc(-c3ccccc3)ccc2-c2ccc(C(c3cccc(-c4ccc(-c5cccc6c5oc5ccccc56)cc4)c3)c3ccc4c(c3)C(C)(C)c3cc(-c5ccccc5)ccc3-4)cc21. The lowest BCUT2D eigenvalue weighted by molar-refractivity contribution is 0.657. The molecule has 0 saturated heterocycles. The van der Waals surface area contributed by atoms with E-state index in [1.54, 1.807) is 0 Å². The van der Waals surface area contributed by atoms with Gasteiger partial charge in [0.05, 0.1) is 0 Å². The van der Waals surface area contributed by atoms with Crippen LogP contribution in [0.3, 0.4) is 0 Å². The van der Waals surface area contributed by atoms with Crippen LogP contribution < -0.4 is 0 Å². The fourth-order valence-electron chi connectivity index (χ4n) is 11.8. The molecule has 1 heterocycles. The Balaban J connectivity index is 0.919. The lowest BCUT2D eigenvalue weighted by Gasteiger charge is -2.27. The molecular weight excluding hydrogens is 821 g/mol. The molecule has 10 aromatic carbocycles. The summed E-state index contributed by atoms with van der Waals surface area (Å²) in [6, 6.07) is 83.4. The van der Waals surface area contributed by atoms with Crippen LogP contribution in [0.2, 0.25) is 0 Å². The van der Waals surface area contributed by atoms with Crippen molar-refractivity contribution in [2.24, 2.45) is 0 Å². The van der Waals surface area contributed by atoms with Crippen LogP contribution in [0, 0.1) is 0 Å². The Hall–Kier alpha value is -8.00. The third-order valence-electron chi connectivity index (χ3n) is 15.4. The predicted octanol–water partition coefficient (Wildman–Crippen LogP) is 18.0. The van der Waals surface area contributed by atoms with Crippen molar-refractivity contribution in [1.29, 1.82) is 0 Å². The number of benzene rings is 10. The summed E-state index contributed by atoms with van der Waals surface area (Å²) in [5, 5.41) is 2.29. The molecule has 2 aliphatic rings. The molecule has 0 unspecified atom stereocenters. The predicted molar refractivity (Wildman–Crippen MR) is 284 cm³/mol. The first kappa shape index (κ1) is 40.3. The number of para-hydroxylation sites is 2. The Morgan fingerprint density at radius 3 is 1.29 bits per heavy atom. The summed E-state index contributed by atoms with van der Waals surface area (Å²) >= 11 is 0. The first-order valence-corrected chi connectivity index (χ1v) is 24.0. The molecule has 1 aromatic heterocycles. The molecule has 324 valence electrons. The Morgan fingerprint density at radius 2 is 0.706 bits per heavy atom. The van der Waals surface area contributed by atoms with Gasteiger partial charge in [-0.1, -0.05) is 234 Å². The Kier molecular flexibility index (Phi) is 9.05. The van der Waals surface area contributed by atoms with E-state index in [1.807, 2.05) is 6.07 Å². The minimum atomic E-state index is -0.176. The molecule has 0 saturated carbocycles. The molecule has 0 amide bonds. The zero-order chi connectivity index (χ0) is 45.7. The summed E-state index contributed by atoms with van der Waals surface area (Å²) in [5.41, 5.74) is 25.9. The average molecular weight is 871 g/mol. The summed E-state index contributed by atoms with van der Waals surface area (Å²) < 4.78 is 6.44. The topological polar surface area (TPSA) is 13.1 Å². The Morgan fingerprint density at radius 1 is 0.294 bits per heavy atom. The van der Waals surface area contributed by atoms with Gasteiger partial charge in [-0.2, -0.15) is 0 Å². The van der Waals surface area contributed by atoms with Crippen LogP contribution in [0.1, 0.15) is 72.6 Å². The molecule has 0 aliphatic heterocycles. The largest absolute Gasteiger partial charge is 0.455 e. The van der Waals surface area contributed by atoms with Gasteiger partial charge in [0.15, 0.2) is 0 Å². The van der Waals surface area contributed by atoms with Crippen LogP contribution in [0.15, 0.2) is 229 Å². The van der Waals surface area contributed by atoms with E-state index in [-0.39, 0.29) is 16.7 Å². The minimum Gasteiger partial charge on any atom is -0.455 e. The standard InChI is InChI=1S/C67H50O/c1-66(2)59-38-47(42-15-7-5-8-16-42)29-33-53(59)55-35-31-50(40-61(55)66)64(51-32-36-56-54-34-30-48(43-17-9-6-10-18-43)39-60(54)67(3,4)62(56)41-51)49-20-13-19-46(37-49)44-25-27-45(28-26-44)52-22-14-23-58-57-21-11-12-24-63(57)68-65(52)58/h5-41,64H,1-4H3. The van der Waals surface area contributed by atoms with E-state index in [2.05, 4.69) is 246 Å². The van der Waals surface area contributed by atoms with Gasteiger partial charge < -0.3 is 4.42 Å². The minimum absolute atomic E-state index is 0.00528. The monoisotopic (exact) mass is 870 g/mol. The van der Waals surface area contributed by atoms with Gasteiger partial charge in [0.1, 0.15) is 11.2 Å². The molecule has 0 fully saturated rings. The van der Waals surface area contributed by atoms with E-state index in [4.69, 9.17) is 4.42 Å². The van der Waals surface area contributed by atoms with E-state index in [9.17, 15) is 0 Å². The third-order valence-corrected chi connectivity index (χ3v) is 15.4. The number of hydrogen-bond acceptors (Lipinski definition) is 1. The Labute approximate surface area is 399 Å². The summed E-state index contributed by atoms with van der Waals surface area (Å²) in [6.07, 6.45) is 0. The van der Waals surface area contributed by atoms with Gasteiger partial charge in [-0.05, 0) is 118 Å². The Bertz CT molecular complexity index is 3620. The maximum Gasteiger partial charge on any atom is 0.143 e. The summed E-state index contributed by atoms with van der Waals surface area (Å²) in [6.45, 7) is 9.62. The van der Waals surface area contributed by atoms with Crippen LogP contribution in [-0.2, 0) is 10.8 Å². The van der Waals surface area contributed by atoms with E-state index in [0.717, 1.165) is 33.1 Å². The van der Waals surface area contributed by atoms with Crippen molar-refractivity contribution in [3.8, 4) is 66.8 Å². The van der Waals surface area contributed by atoms with Crippen LogP contribution in [-0.4, -0.2) is 0 Å². The first-order valence-electron chi connectivity index (χ1n) is 24.0. The second kappa shape index (κ2) is 15.3. The molecule has 11 aromatic rings. The maximum atomic E-state index is 6.44. The van der Waals surface area contributed by atoms with Gasteiger partial charge in [-0.25, -0.2) is 0 Å². The summed E-state index contributed by atoms with van der Waals surface area (Å²) in [7, 11) is 0. The van der Waals surface area contributed by atoms with E-state index < -0.39 is 0 Å². The first-order chi connectivity index (χ1) is 33.2. The van der Waals surface area contributed by atoms with Crippen molar-refractivity contribution < 1.29 is 4.42 Å². The molecule has 1 nitrogen and oxygen atoms in total. The average Bonchev–Trinajstić information content (AvgIpc) is 3.96. The van der Waals surface area contributed by atoms with Crippen molar-refractivity contribution in [2.75, 3.05) is 0 Å². The molecule has 1 heteroatoms. The highest BCUT2D eigenvalue weighted by atomic mass is 16.3. The second-order valence-electron chi connectivity index (χ2n) is 20.0. The van der Waals surface area contributed by atoms with Gasteiger partial charge in [-0.15, -0.1) is 0 Å². The molecule has 2 aliphatic carbocycles. The number of furan rings is 1. The summed E-state index contributed by atoms with van der Waals surface area (Å²) in [4.78, 5) is 0. The van der Waals surface area contributed by atoms with Crippen molar-refractivity contribution in [3.63, 3.8) is 0 Å². The zero-order valence-electron chi connectivity index (χ0n) is 38.8. The highest BCUT2D eigenvalue weighted by molar-refractivity contribution is 6.09. The molecule has 0 spiro atoms. The number of fused-ring (bicyclic) bond motifs is 9. The molecule has 0 atom stereocenters. The van der Waals surface area contributed by atoms with Gasteiger partial charge in [-0.3, -0.25) is 0 Å². The lowest BCUT2D eigenvalue weighted by atomic mass is 9.76. The van der Waals surface area contributed by atoms with E-state index in [1.165, 1.54) is 94.6 Å². The lowest BCUT2D eigenvalue weighted by Crippen LogP contribution is -2.17. The van der Waals surface area contributed by atoms with Crippen LogP contribution >= 0.6 is 0 Å². The highest BCUT2D eigenvalue weighted by Gasteiger charge is 2.39. The third kappa shape index (κ3) is 6.30. The maximum absolute atomic E-state index is 6.44. The smallest absolute Gasteiger partial charge is 0.143 e. The van der Waals surface area contributed by atoms with Crippen molar-refractivity contribution in [1.82, 2.24) is 0 Å². The number of rotatable bonds is 7. The van der Waals surface area contributed by atoms with Gasteiger partial charge in [0.2, 0.25) is 0 Å². The van der Waals surface area contributed by atoms with Crippen LogP contribution in [0.5, 0.6) is 0 Å². The summed E-state index contributed by atoms with van der Waals surface area (Å²) in [5.74, 6) is -0.00528. The zero-order valence-corrected chi connectivity index (χ0v) is 38.8. The van der Waals surface area contributed by atoms with Crippen LogP contribution in [0.25, 0.3) is 88.7 Å². The molecule has 13 rings (SSSR count). The van der Waals surface area contributed by atoms with E-state index >= 15 is 0 Å². The van der Waals surface area contributed by atoms with Gasteiger partial charge in [0.25, 0.3) is 0 Å². The second-order valence-corrected chi connectivity index (χ2v) is 20.0. The molecule has 0 bridgehead atoms. The molecule has 0 N–H and O–H groups in total. The van der Waals surface area contributed by atoms with Crippen molar-refractivity contribution in [2.45, 2.75) is 44.4 Å². The van der Waals surface area contributed by atoms with Crippen molar-refractivity contribution >= 4 is 21.9 Å². The van der Waals surface area contributed by atoms with Gasteiger partial charge >= 0.3 is 0 Å². The van der Waals surface area contributed by atoms with Crippen LogP contribution in [0.4, 0.5) is 0 Å². The highest BCUT2D eigenvalue weighted by Crippen LogP contribution is 2.53. The molecular formula is C67H50O. The fourth-order valence-corrected chi connectivity index (χ4v) is 11.8. The quantitative estimate of drug-likeness (QED) is 0.145.